The van der Waals surface area contributed by atoms with Gasteiger partial charge < -0.3 is 0 Å². The molecule has 0 aliphatic heterocycles. The Morgan fingerprint density at radius 1 is 1.31 bits per heavy atom. The van der Waals surface area contributed by atoms with E-state index in [9.17, 15) is 0 Å². The fourth-order valence-corrected chi connectivity index (χ4v) is 1.19. The van der Waals surface area contributed by atoms with E-state index in [1.807, 2.05) is 6.07 Å². The van der Waals surface area contributed by atoms with Crippen LogP contribution in [0.4, 0.5) is 0 Å². The zero-order chi connectivity index (χ0) is 10.1. The molecule has 0 radical (unpaired) electrons. The van der Waals surface area contributed by atoms with Crippen molar-refractivity contribution in [3.63, 3.8) is 0 Å². The van der Waals surface area contributed by atoms with Gasteiger partial charge in [0, 0.05) is 0 Å². The average molecular weight is 256 g/mol. The lowest BCUT2D eigenvalue weighted by atomic mass is 10.3. The van der Waals surface area contributed by atoms with E-state index in [1.54, 1.807) is 0 Å². The van der Waals surface area contributed by atoms with E-state index in [2.05, 4.69) is 4.98 Å². The third-order valence-corrected chi connectivity index (χ3v) is 2.13. The van der Waals surface area contributed by atoms with Crippen molar-refractivity contribution < 1.29 is 0 Å². The van der Waals surface area contributed by atoms with Crippen LogP contribution in [-0.2, 0) is 3.79 Å². The van der Waals surface area contributed by atoms with Gasteiger partial charge in [-0.3, -0.25) is 0 Å². The molecule has 0 bridgehead atoms. The molecular weight excluding hydrogens is 254 g/mol. The highest BCUT2D eigenvalue weighted by Gasteiger charge is 2.25. The minimum absolute atomic E-state index is 0.0336. The average Bonchev–Trinajstić information content (AvgIpc) is 2.02. The summed E-state index contributed by atoms with van der Waals surface area (Å²) >= 11 is 22.3. The summed E-state index contributed by atoms with van der Waals surface area (Å²) in [6.07, 6.45) is 0. The zero-order valence-electron chi connectivity index (χ0n) is 6.06. The number of halogens is 4. The second kappa shape index (κ2) is 3.89. The van der Waals surface area contributed by atoms with E-state index >= 15 is 0 Å². The number of aromatic nitrogens is 1. The highest BCUT2D eigenvalue weighted by atomic mass is 35.6. The van der Waals surface area contributed by atoms with Crippen LogP contribution < -0.4 is 0 Å². The molecule has 1 heterocycles. The fourth-order valence-electron chi connectivity index (χ4n) is 0.676. The Bertz CT molecular complexity index is 364. The van der Waals surface area contributed by atoms with E-state index in [1.165, 1.54) is 12.1 Å². The van der Waals surface area contributed by atoms with Gasteiger partial charge in [0.1, 0.15) is 11.2 Å². The number of nitriles is 1. The Morgan fingerprint density at radius 2 is 1.92 bits per heavy atom. The predicted molar refractivity (Wildman–Crippen MR) is 53.2 cm³/mol. The summed E-state index contributed by atoms with van der Waals surface area (Å²) < 4.78 is -1.61. The Kier molecular flexibility index (Phi) is 3.26. The number of pyridine rings is 1. The summed E-state index contributed by atoms with van der Waals surface area (Å²) in [5.74, 6) is 0. The third-order valence-electron chi connectivity index (χ3n) is 1.26. The molecule has 1 aromatic rings. The molecule has 1 rings (SSSR count). The molecule has 0 amide bonds. The first-order valence-corrected chi connectivity index (χ1v) is 4.60. The van der Waals surface area contributed by atoms with Crippen LogP contribution in [-0.4, -0.2) is 4.98 Å². The van der Waals surface area contributed by atoms with Crippen molar-refractivity contribution in [2.24, 2.45) is 0 Å². The van der Waals surface area contributed by atoms with Gasteiger partial charge in [-0.25, -0.2) is 4.98 Å². The third kappa shape index (κ3) is 2.62. The van der Waals surface area contributed by atoms with Crippen molar-refractivity contribution in [1.29, 1.82) is 5.26 Å². The first-order valence-electron chi connectivity index (χ1n) is 3.09. The van der Waals surface area contributed by atoms with Gasteiger partial charge in [-0.1, -0.05) is 46.4 Å². The maximum Gasteiger partial charge on any atom is 0.232 e. The number of hydrogen-bond donors (Lipinski definition) is 0. The monoisotopic (exact) mass is 254 g/mol. The van der Waals surface area contributed by atoms with Gasteiger partial charge >= 0.3 is 0 Å². The normalized spacial score (nSPS) is 11.0. The molecule has 0 aliphatic carbocycles. The summed E-state index contributed by atoms with van der Waals surface area (Å²) in [7, 11) is 0. The molecule has 0 spiro atoms. The van der Waals surface area contributed by atoms with Gasteiger partial charge in [-0.15, -0.1) is 0 Å². The summed E-state index contributed by atoms with van der Waals surface area (Å²) in [6, 6.07) is 4.74. The molecule has 0 N–H and O–H groups in total. The SMILES string of the molecule is N#Cc1ccc(C(Cl)(Cl)Cl)nc1Cl. The minimum Gasteiger partial charge on any atom is -0.235 e. The van der Waals surface area contributed by atoms with Crippen LogP contribution in [0.3, 0.4) is 0 Å². The van der Waals surface area contributed by atoms with E-state index in [4.69, 9.17) is 51.7 Å². The van der Waals surface area contributed by atoms with Gasteiger partial charge in [0.15, 0.2) is 0 Å². The van der Waals surface area contributed by atoms with E-state index in [0.717, 1.165) is 0 Å². The van der Waals surface area contributed by atoms with Crippen LogP contribution in [0, 0.1) is 11.3 Å². The van der Waals surface area contributed by atoms with Crippen molar-refractivity contribution in [3.8, 4) is 6.07 Å². The number of rotatable bonds is 0. The first-order chi connectivity index (χ1) is 5.95. The van der Waals surface area contributed by atoms with E-state index in [0.29, 0.717) is 0 Å². The Labute approximate surface area is 95.0 Å². The van der Waals surface area contributed by atoms with Crippen LogP contribution in [0.15, 0.2) is 12.1 Å². The molecule has 6 heteroatoms. The Balaban J connectivity index is 3.20. The molecule has 2 nitrogen and oxygen atoms in total. The Hall–Kier alpha value is -0.200. The lowest BCUT2D eigenvalue weighted by Crippen LogP contribution is -2.03. The van der Waals surface area contributed by atoms with Crippen molar-refractivity contribution in [2.45, 2.75) is 3.79 Å². The van der Waals surface area contributed by atoms with Gasteiger partial charge in [-0.2, -0.15) is 5.26 Å². The molecule has 0 atom stereocenters. The van der Waals surface area contributed by atoms with Crippen LogP contribution in [0.25, 0.3) is 0 Å². The van der Waals surface area contributed by atoms with Crippen LogP contribution in [0.1, 0.15) is 11.3 Å². The molecule has 0 saturated carbocycles. The van der Waals surface area contributed by atoms with Crippen LogP contribution in [0.2, 0.25) is 5.15 Å². The molecular formula is C7H2Cl4N2. The maximum absolute atomic E-state index is 8.54. The minimum atomic E-state index is -1.61. The molecule has 0 fully saturated rings. The molecule has 0 aromatic carbocycles. The fraction of sp³-hybridized carbons (Fsp3) is 0.143. The van der Waals surface area contributed by atoms with Crippen molar-refractivity contribution in [1.82, 2.24) is 4.98 Å². The van der Waals surface area contributed by atoms with Crippen LogP contribution in [0.5, 0.6) is 0 Å². The largest absolute Gasteiger partial charge is 0.235 e. The van der Waals surface area contributed by atoms with Gasteiger partial charge in [0.2, 0.25) is 3.79 Å². The van der Waals surface area contributed by atoms with E-state index in [-0.39, 0.29) is 16.4 Å². The first kappa shape index (κ1) is 10.9. The second-order valence-electron chi connectivity index (χ2n) is 2.14. The number of nitrogens with zero attached hydrogens (tertiary/aromatic N) is 2. The van der Waals surface area contributed by atoms with Crippen molar-refractivity contribution >= 4 is 46.4 Å². The predicted octanol–water partition coefficient (Wildman–Crippen LogP) is 3.43. The van der Waals surface area contributed by atoms with Crippen molar-refractivity contribution in [2.75, 3.05) is 0 Å². The van der Waals surface area contributed by atoms with Crippen molar-refractivity contribution in [3.05, 3.63) is 28.5 Å². The van der Waals surface area contributed by atoms with E-state index < -0.39 is 3.79 Å². The Morgan fingerprint density at radius 3 is 2.31 bits per heavy atom. The highest BCUT2D eigenvalue weighted by molar-refractivity contribution is 6.66. The smallest absolute Gasteiger partial charge is 0.232 e. The summed E-state index contributed by atoms with van der Waals surface area (Å²) in [4.78, 5) is 3.76. The number of hydrogen-bond acceptors (Lipinski definition) is 2. The van der Waals surface area contributed by atoms with Gasteiger partial charge in [0.25, 0.3) is 0 Å². The van der Waals surface area contributed by atoms with Crippen LogP contribution >= 0.6 is 46.4 Å². The summed E-state index contributed by atoms with van der Waals surface area (Å²) in [6.45, 7) is 0. The zero-order valence-corrected chi connectivity index (χ0v) is 9.08. The molecule has 0 unspecified atom stereocenters. The molecule has 0 aliphatic rings. The maximum atomic E-state index is 8.54. The lowest BCUT2D eigenvalue weighted by Gasteiger charge is -2.09. The molecule has 0 saturated heterocycles. The highest BCUT2D eigenvalue weighted by Crippen LogP contribution is 2.37. The molecule has 1 aromatic heterocycles. The summed E-state index contributed by atoms with van der Waals surface area (Å²) in [5.41, 5.74) is 0.446. The summed E-state index contributed by atoms with van der Waals surface area (Å²) in [5, 5.41) is 8.57. The number of alkyl halides is 3. The lowest BCUT2D eigenvalue weighted by molar-refractivity contribution is 1.08. The second-order valence-corrected chi connectivity index (χ2v) is 4.78. The molecule has 68 valence electrons. The van der Waals surface area contributed by atoms with Gasteiger partial charge in [0.05, 0.1) is 11.3 Å². The molecule has 13 heavy (non-hydrogen) atoms. The standard InChI is InChI=1S/C7H2Cl4N2/c8-6-4(3-12)1-2-5(13-6)7(9,10)11/h1-2H. The topological polar surface area (TPSA) is 36.7 Å². The quantitative estimate of drug-likeness (QED) is 0.526. The van der Waals surface area contributed by atoms with Gasteiger partial charge in [-0.05, 0) is 12.1 Å².